The molecule has 0 atom stereocenters. The van der Waals surface area contributed by atoms with Crippen molar-refractivity contribution < 1.29 is 28.6 Å². The summed E-state index contributed by atoms with van der Waals surface area (Å²) in [5.41, 5.74) is 0. The van der Waals surface area contributed by atoms with Gasteiger partial charge < -0.3 is 14.2 Å². The van der Waals surface area contributed by atoms with Crippen LogP contribution >= 0.6 is 0 Å². The van der Waals surface area contributed by atoms with Crippen LogP contribution in [0.25, 0.3) is 0 Å². The van der Waals surface area contributed by atoms with Crippen LogP contribution in [0.5, 0.6) is 0 Å². The molecule has 354 valence electrons. The van der Waals surface area contributed by atoms with Gasteiger partial charge in [0.2, 0.25) is 0 Å². The van der Waals surface area contributed by atoms with Crippen LogP contribution < -0.4 is 0 Å². The lowest BCUT2D eigenvalue weighted by Gasteiger charge is -2.18. The Kier molecular flexibility index (Phi) is 47.9. The van der Waals surface area contributed by atoms with Crippen LogP contribution in [0, 0.1) is 0 Å². The highest BCUT2D eigenvalue weighted by Gasteiger charge is 2.19. The first kappa shape index (κ1) is 58.4. The van der Waals surface area contributed by atoms with Gasteiger partial charge in [-0.2, -0.15) is 0 Å². The van der Waals surface area contributed by atoms with Crippen molar-refractivity contribution in [3.8, 4) is 0 Å². The predicted molar refractivity (Wildman–Crippen MR) is 261 cm³/mol. The van der Waals surface area contributed by atoms with E-state index in [2.05, 4.69) is 69.4 Å². The van der Waals surface area contributed by atoms with Crippen molar-refractivity contribution in [3.63, 3.8) is 0 Å². The molecule has 61 heavy (non-hydrogen) atoms. The fourth-order valence-corrected chi connectivity index (χ4v) is 7.38. The van der Waals surface area contributed by atoms with Gasteiger partial charge >= 0.3 is 17.9 Å². The monoisotopic (exact) mass is 855 g/mol. The third-order valence-electron chi connectivity index (χ3n) is 11.3. The Bertz CT molecular complexity index is 1030. The Morgan fingerprint density at radius 2 is 0.607 bits per heavy atom. The Morgan fingerprint density at radius 1 is 0.328 bits per heavy atom. The first-order chi connectivity index (χ1) is 30.0. The molecule has 0 saturated heterocycles. The summed E-state index contributed by atoms with van der Waals surface area (Å²) in [5, 5.41) is 0. The van der Waals surface area contributed by atoms with Crippen molar-refractivity contribution in [1.82, 2.24) is 0 Å². The summed E-state index contributed by atoms with van der Waals surface area (Å²) >= 11 is 0. The lowest BCUT2D eigenvalue weighted by Crippen LogP contribution is -2.30. The number of rotatable bonds is 47. The molecule has 0 N–H and O–H groups in total. The Morgan fingerprint density at radius 3 is 0.967 bits per heavy atom. The van der Waals surface area contributed by atoms with E-state index in [0.717, 1.165) is 64.2 Å². The fourth-order valence-electron chi connectivity index (χ4n) is 7.38. The van der Waals surface area contributed by atoms with Gasteiger partial charge in [-0.25, -0.2) is 0 Å². The summed E-state index contributed by atoms with van der Waals surface area (Å²) in [4.78, 5) is 37.9. The van der Waals surface area contributed by atoms with E-state index in [-0.39, 0.29) is 37.5 Å². The molecule has 0 aliphatic carbocycles. The summed E-state index contributed by atoms with van der Waals surface area (Å²) in [6, 6.07) is 0. The topological polar surface area (TPSA) is 78.9 Å². The molecule has 0 saturated carbocycles. The highest BCUT2D eigenvalue weighted by molar-refractivity contribution is 5.71. The lowest BCUT2D eigenvalue weighted by molar-refractivity contribution is -0.167. The van der Waals surface area contributed by atoms with E-state index < -0.39 is 6.10 Å². The summed E-state index contributed by atoms with van der Waals surface area (Å²) < 4.78 is 16.8. The molecule has 0 aliphatic heterocycles. The maximum atomic E-state index is 12.8. The van der Waals surface area contributed by atoms with Crippen molar-refractivity contribution in [1.29, 1.82) is 0 Å². The molecule has 0 unspecified atom stereocenters. The number of allylic oxidation sites excluding steroid dienone is 8. The molecule has 0 aromatic rings. The maximum Gasteiger partial charge on any atom is 0.306 e. The Balaban J connectivity index is 4.45. The van der Waals surface area contributed by atoms with Crippen molar-refractivity contribution in [3.05, 3.63) is 48.6 Å². The highest BCUT2D eigenvalue weighted by Crippen LogP contribution is 2.15. The zero-order valence-electron chi connectivity index (χ0n) is 40.4. The molecule has 6 heteroatoms. The molecule has 0 rings (SSSR count). The molecule has 0 fully saturated rings. The Hall–Kier alpha value is -2.63. The average Bonchev–Trinajstić information content (AvgIpc) is 3.26. The minimum Gasteiger partial charge on any atom is -0.462 e. The largest absolute Gasteiger partial charge is 0.462 e. The van der Waals surface area contributed by atoms with E-state index in [9.17, 15) is 14.4 Å². The van der Waals surface area contributed by atoms with Crippen LogP contribution in [0.2, 0.25) is 0 Å². The summed E-state index contributed by atoms with van der Waals surface area (Å²) in [5.74, 6) is -0.938. The van der Waals surface area contributed by atoms with Crippen molar-refractivity contribution >= 4 is 17.9 Å². The summed E-state index contributed by atoms with van der Waals surface area (Å²) in [6.07, 6.45) is 59.5. The SMILES string of the molecule is CCCCCC=CCC=CCC=CCC=CCCCC(=O)OC(COC(=O)CCCCCCCCCCCCCCC)COC(=O)CCCCCCCCCCCCCCC. The number of esters is 3. The van der Waals surface area contributed by atoms with Crippen molar-refractivity contribution in [2.45, 2.75) is 271 Å². The molecule has 6 nitrogen and oxygen atoms in total. The van der Waals surface area contributed by atoms with Gasteiger partial charge in [-0.1, -0.05) is 236 Å². The molecule has 0 radical (unpaired) electrons. The number of hydrogen-bond donors (Lipinski definition) is 0. The standard InChI is InChI=1S/C55H98O6/c1-4-7-10-13-16-19-22-25-26-27-28-31-34-37-40-43-46-49-55(58)61-52(50-59-53(56)47-44-41-38-35-32-29-23-20-17-14-11-8-5-2)51-60-54(57)48-45-42-39-36-33-30-24-21-18-15-12-9-6-3/h16,19,25-26,28,31,37,40,52H,4-15,17-18,20-24,27,29-30,32-36,38-39,41-51H2,1-3H3. The van der Waals surface area contributed by atoms with Crippen LogP contribution in [0.4, 0.5) is 0 Å². The van der Waals surface area contributed by atoms with Gasteiger partial charge in [0.15, 0.2) is 6.10 Å². The minimum absolute atomic E-state index is 0.0911. The van der Waals surface area contributed by atoms with E-state index in [1.807, 2.05) is 0 Å². The molecule has 0 aromatic carbocycles. The summed E-state index contributed by atoms with van der Waals surface area (Å²) in [6.45, 7) is 6.58. The smallest absolute Gasteiger partial charge is 0.306 e. The van der Waals surface area contributed by atoms with Gasteiger partial charge in [-0.15, -0.1) is 0 Å². The van der Waals surface area contributed by atoms with Gasteiger partial charge in [-0.05, 0) is 57.8 Å². The third kappa shape index (κ3) is 48.3. The van der Waals surface area contributed by atoms with Gasteiger partial charge in [0.25, 0.3) is 0 Å². The second kappa shape index (κ2) is 50.0. The number of unbranched alkanes of at least 4 members (excludes halogenated alkanes) is 28. The molecule has 0 amide bonds. The van der Waals surface area contributed by atoms with Crippen molar-refractivity contribution in [2.75, 3.05) is 13.2 Å². The quantitative estimate of drug-likeness (QED) is 0.0263. The third-order valence-corrected chi connectivity index (χ3v) is 11.3. The second-order valence-electron chi connectivity index (χ2n) is 17.4. The maximum absolute atomic E-state index is 12.8. The van der Waals surface area contributed by atoms with E-state index in [1.165, 1.54) is 154 Å². The van der Waals surface area contributed by atoms with E-state index >= 15 is 0 Å². The minimum atomic E-state index is -0.796. The molecule has 0 bridgehead atoms. The lowest BCUT2D eigenvalue weighted by atomic mass is 10.0. The molecular weight excluding hydrogens is 757 g/mol. The Labute approximate surface area is 378 Å². The van der Waals surface area contributed by atoms with Gasteiger partial charge in [-0.3, -0.25) is 14.4 Å². The van der Waals surface area contributed by atoms with Gasteiger partial charge in [0.1, 0.15) is 13.2 Å². The average molecular weight is 855 g/mol. The zero-order valence-corrected chi connectivity index (χ0v) is 40.4. The van der Waals surface area contributed by atoms with Crippen molar-refractivity contribution in [2.24, 2.45) is 0 Å². The highest BCUT2D eigenvalue weighted by atomic mass is 16.6. The van der Waals surface area contributed by atoms with Gasteiger partial charge in [0, 0.05) is 19.3 Å². The van der Waals surface area contributed by atoms with Crippen LogP contribution in [0.3, 0.4) is 0 Å². The molecule has 0 spiro atoms. The number of ether oxygens (including phenoxy) is 3. The van der Waals surface area contributed by atoms with Crippen LogP contribution in [0.15, 0.2) is 48.6 Å². The van der Waals surface area contributed by atoms with E-state index in [0.29, 0.717) is 19.3 Å². The molecule has 0 aliphatic rings. The number of hydrogen-bond acceptors (Lipinski definition) is 6. The molecule has 0 heterocycles. The second-order valence-corrected chi connectivity index (χ2v) is 17.4. The zero-order chi connectivity index (χ0) is 44.4. The molecular formula is C55H98O6. The van der Waals surface area contributed by atoms with Crippen LogP contribution in [-0.4, -0.2) is 37.2 Å². The fraction of sp³-hybridized carbons (Fsp3) is 0.800. The number of carbonyl (C=O) groups excluding carboxylic acids is 3. The summed E-state index contributed by atoms with van der Waals surface area (Å²) in [7, 11) is 0. The number of carbonyl (C=O) groups is 3. The van der Waals surface area contributed by atoms with E-state index in [4.69, 9.17) is 14.2 Å². The normalized spacial score (nSPS) is 11.9. The van der Waals surface area contributed by atoms with Gasteiger partial charge in [0.05, 0.1) is 0 Å². The first-order valence-corrected chi connectivity index (χ1v) is 26.1. The van der Waals surface area contributed by atoms with E-state index in [1.54, 1.807) is 0 Å². The van der Waals surface area contributed by atoms with Crippen LogP contribution in [-0.2, 0) is 28.6 Å². The predicted octanol–water partition coefficient (Wildman–Crippen LogP) is 17.1. The first-order valence-electron chi connectivity index (χ1n) is 26.1. The van der Waals surface area contributed by atoms with Crippen LogP contribution in [0.1, 0.15) is 265 Å². The molecule has 0 aromatic heterocycles.